The van der Waals surface area contributed by atoms with Crippen LogP contribution >= 0.6 is 10.0 Å². The highest BCUT2D eigenvalue weighted by molar-refractivity contribution is 8.34. The summed E-state index contributed by atoms with van der Waals surface area (Å²) in [7, 11) is -1.99. The number of benzene rings is 10. The summed E-state index contributed by atoms with van der Waals surface area (Å²) in [5, 5.41) is 8.91. The van der Waals surface area contributed by atoms with Gasteiger partial charge in [0.1, 0.15) is 6.17 Å². The Bertz CT molecular complexity index is 3050. The Hall–Kier alpha value is -7.33. The molecular formula is C59H46N2S. The van der Waals surface area contributed by atoms with Crippen LogP contribution in [-0.4, -0.2) is 0 Å². The van der Waals surface area contributed by atoms with Crippen molar-refractivity contribution < 1.29 is 0 Å². The summed E-state index contributed by atoms with van der Waals surface area (Å²) in [6.45, 7) is 2.23. The minimum Gasteiger partial charge on any atom is -0.359 e. The summed E-state index contributed by atoms with van der Waals surface area (Å²) < 4.78 is 0. The topological polar surface area (TPSA) is 15.3 Å². The van der Waals surface area contributed by atoms with E-state index in [4.69, 9.17) is 0 Å². The average molecular weight is 815 g/mol. The lowest BCUT2D eigenvalue weighted by molar-refractivity contribution is 0.828. The van der Waals surface area contributed by atoms with E-state index in [0.717, 1.165) is 17.8 Å². The second-order valence-corrected chi connectivity index (χ2v) is 19.1. The first-order valence-corrected chi connectivity index (χ1v) is 23.2. The molecule has 1 unspecified atom stereocenters. The molecule has 10 aromatic rings. The van der Waals surface area contributed by atoms with E-state index in [1.165, 1.54) is 80.2 Å². The van der Waals surface area contributed by atoms with Crippen LogP contribution in [0.5, 0.6) is 0 Å². The Labute approximate surface area is 366 Å². The van der Waals surface area contributed by atoms with Gasteiger partial charge in [-0.25, -0.2) is 0 Å². The maximum absolute atomic E-state index is 3.85. The molecule has 0 aliphatic carbocycles. The van der Waals surface area contributed by atoms with Crippen LogP contribution in [0.4, 0.5) is 17.1 Å². The lowest BCUT2D eigenvalue weighted by atomic mass is 9.90. The number of aryl methyl sites for hydroxylation is 1. The monoisotopic (exact) mass is 814 g/mol. The van der Waals surface area contributed by atoms with Gasteiger partial charge in [0, 0.05) is 25.3 Å². The van der Waals surface area contributed by atoms with Crippen LogP contribution in [0.2, 0.25) is 0 Å². The molecule has 0 radical (unpaired) electrons. The first kappa shape index (κ1) is 37.7. The van der Waals surface area contributed by atoms with Crippen LogP contribution in [0.1, 0.15) is 24.2 Å². The predicted molar refractivity (Wildman–Crippen MR) is 263 cm³/mol. The Morgan fingerprint density at radius 3 is 1.48 bits per heavy atom. The highest BCUT2D eigenvalue weighted by Gasteiger charge is 2.37. The molecule has 11 rings (SSSR count). The first-order chi connectivity index (χ1) is 30.7. The van der Waals surface area contributed by atoms with Crippen molar-refractivity contribution in [1.29, 1.82) is 0 Å². The van der Waals surface area contributed by atoms with Crippen molar-refractivity contribution in [3.05, 3.63) is 248 Å². The molecule has 0 bridgehead atoms. The van der Waals surface area contributed by atoms with Gasteiger partial charge in [0.25, 0.3) is 0 Å². The molecule has 3 heteroatoms. The molecule has 10 aromatic carbocycles. The summed E-state index contributed by atoms with van der Waals surface area (Å²) in [5.74, 6) is 0. The maximum atomic E-state index is 3.85. The van der Waals surface area contributed by atoms with Crippen LogP contribution in [0.25, 0.3) is 43.8 Å². The molecule has 0 aromatic heterocycles. The van der Waals surface area contributed by atoms with Gasteiger partial charge < -0.3 is 10.2 Å². The van der Waals surface area contributed by atoms with Crippen LogP contribution in [0.15, 0.2) is 256 Å². The number of fused-ring (bicyclic) bond motifs is 3. The van der Waals surface area contributed by atoms with Crippen molar-refractivity contribution in [3.63, 3.8) is 0 Å². The average Bonchev–Trinajstić information content (AvgIpc) is 3.74. The highest BCUT2D eigenvalue weighted by Crippen LogP contribution is 2.76. The fourth-order valence-electron chi connectivity index (χ4n) is 9.68. The fraction of sp³-hybridized carbons (Fsp3) is 0.0508. The summed E-state index contributed by atoms with van der Waals surface area (Å²) in [5.41, 5.74) is 10.9. The van der Waals surface area contributed by atoms with Gasteiger partial charge in [0.15, 0.2) is 0 Å². The highest BCUT2D eigenvalue weighted by atomic mass is 32.3. The standard InChI is InChI=1S/C59H46N2S/c1-2-42-37-38-55-56(39-42)61(59(60-55)43-21-7-3-8-22-43)47-26-20-24-45(41-47)44-23-19-25-46(40-44)57-51-33-15-17-35-53(51)58(54-36-18-16-34-52(54)57)62(48-27-9-4-10-28-48,49-29-11-5-12-30-49)50-31-13-6-14-32-50/h3-41,59-60H,2H2,1H3. The minimum atomic E-state index is -1.99. The quantitative estimate of drug-likeness (QED) is 0.146. The van der Waals surface area contributed by atoms with E-state index in [0.29, 0.717) is 0 Å². The molecule has 1 atom stereocenters. The zero-order valence-electron chi connectivity index (χ0n) is 34.7. The smallest absolute Gasteiger partial charge is 0.130 e. The number of anilines is 3. The van der Waals surface area contributed by atoms with E-state index >= 15 is 0 Å². The SMILES string of the molecule is CCc1ccc2c(c1)N(c1cccc(-c3cccc(-c4c5ccccc5c(S(c5ccccc5)(c5ccccc5)c5ccccc5)c5ccccc45)c3)c1)C(c1ccccc1)N2. The fourth-order valence-corrected chi connectivity index (χ4v) is 13.9. The van der Waals surface area contributed by atoms with E-state index in [1.807, 2.05) is 0 Å². The molecule has 0 amide bonds. The molecule has 298 valence electrons. The zero-order valence-corrected chi connectivity index (χ0v) is 35.5. The van der Waals surface area contributed by atoms with Crippen LogP contribution in [0, 0.1) is 0 Å². The van der Waals surface area contributed by atoms with E-state index in [1.54, 1.807) is 0 Å². The maximum Gasteiger partial charge on any atom is 0.130 e. The first-order valence-electron chi connectivity index (χ1n) is 21.6. The van der Waals surface area contributed by atoms with Crippen molar-refractivity contribution in [3.8, 4) is 22.3 Å². The van der Waals surface area contributed by atoms with Gasteiger partial charge in [-0.15, -0.1) is 10.0 Å². The minimum absolute atomic E-state index is 0.0203. The molecule has 1 aliphatic rings. The zero-order chi connectivity index (χ0) is 41.5. The molecule has 0 fully saturated rings. The van der Waals surface area contributed by atoms with Gasteiger partial charge >= 0.3 is 0 Å². The van der Waals surface area contributed by atoms with Crippen molar-refractivity contribution >= 4 is 48.6 Å². The molecule has 0 saturated heterocycles. The van der Waals surface area contributed by atoms with E-state index < -0.39 is 10.0 Å². The van der Waals surface area contributed by atoms with Gasteiger partial charge in [0.05, 0.1) is 11.4 Å². The third-order valence-corrected chi connectivity index (χ3v) is 16.5. The summed E-state index contributed by atoms with van der Waals surface area (Å²) in [6.07, 6.45) is 0.967. The van der Waals surface area contributed by atoms with E-state index in [-0.39, 0.29) is 6.17 Å². The van der Waals surface area contributed by atoms with Gasteiger partial charge in [-0.2, -0.15) is 0 Å². The molecule has 1 N–H and O–H groups in total. The van der Waals surface area contributed by atoms with Crippen LogP contribution < -0.4 is 10.2 Å². The lowest BCUT2D eigenvalue weighted by Gasteiger charge is -2.43. The van der Waals surface area contributed by atoms with Crippen LogP contribution in [-0.2, 0) is 6.42 Å². The molecule has 0 spiro atoms. The summed E-state index contributed by atoms with van der Waals surface area (Å²) in [6, 6.07) is 87.8. The van der Waals surface area contributed by atoms with Gasteiger partial charge in [-0.05, 0) is 128 Å². The molecule has 0 saturated carbocycles. The molecule has 2 nitrogen and oxygen atoms in total. The second-order valence-electron chi connectivity index (χ2n) is 16.0. The number of nitrogens with zero attached hydrogens (tertiary/aromatic N) is 1. The third kappa shape index (κ3) is 6.28. The Balaban J connectivity index is 1.12. The van der Waals surface area contributed by atoms with Crippen molar-refractivity contribution in [1.82, 2.24) is 0 Å². The predicted octanol–water partition coefficient (Wildman–Crippen LogP) is 16.5. The van der Waals surface area contributed by atoms with Gasteiger partial charge in [-0.3, -0.25) is 0 Å². The Kier molecular flexibility index (Phi) is 9.68. The Morgan fingerprint density at radius 2 is 0.919 bits per heavy atom. The number of nitrogens with one attached hydrogen (secondary N) is 1. The lowest BCUT2D eigenvalue weighted by Crippen LogP contribution is -2.23. The van der Waals surface area contributed by atoms with Crippen LogP contribution in [0.3, 0.4) is 0 Å². The van der Waals surface area contributed by atoms with Crippen molar-refractivity contribution in [2.75, 3.05) is 10.2 Å². The van der Waals surface area contributed by atoms with E-state index in [2.05, 4.69) is 254 Å². The molecule has 62 heavy (non-hydrogen) atoms. The summed E-state index contributed by atoms with van der Waals surface area (Å²) in [4.78, 5) is 7.80. The second kappa shape index (κ2) is 15.9. The Morgan fingerprint density at radius 1 is 0.435 bits per heavy atom. The van der Waals surface area contributed by atoms with Crippen molar-refractivity contribution in [2.24, 2.45) is 0 Å². The van der Waals surface area contributed by atoms with Crippen molar-refractivity contribution in [2.45, 2.75) is 39.1 Å². The normalized spacial score (nSPS) is 13.8. The summed E-state index contributed by atoms with van der Waals surface area (Å²) >= 11 is 0. The van der Waals surface area contributed by atoms with Gasteiger partial charge in [0.2, 0.25) is 0 Å². The molecule has 1 aliphatic heterocycles. The number of hydrogen-bond acceptors (Lipinski definition) is 2. The largest absolute Gasteiger partial charge is 0.359 e. The van der Waals surface area contributed by atoms with E-state index in [9.17, 15) is 0 Å². The third-order valence-electron chi connectivity index (χ3n) is 12.5. The number of hydrogen-bond donors (Lipinski definition) is 1. The van der Waals surface area contributed by atoms with Gasteiger partial charge in [-0.1, -0.05) is 177 Å². The molecule has 1 heterocycles. The molecular weight excluding hydrogens is 769 g/mol. The number of rotatable bonds is 9.